The molecule has 1 atom stereocenters. The van der Waals surface area contributed by atoms with Gasteiger partial charge in [0.05, 0.1) is 0 Å². The molecule has 0 aromatic heterocycles. The Morgan fingerprint density at radius 1 is 0.909 bits per heavy atom. The third-order valence-electron chi connectivity index (χ3n) is 4.69. The highest BCUT2D eigenvalue weighted by Crippen LogP contribution is 2.76. The molecular formula is C11H18. The minimum absolute atomic E-state index is 0.907. The predicted molar refractivity (Wildman–Crippen MR) is 46.3 cm³/mol. The van der Waals surface area contributed by atoms with Gasteiger partial charge in [-0.2, -0.15) is 0 Å². The van der Waals surface area contributed by atoms with Crippen molar-refractivity contribution in [1.29, 1.82) is 0 Å². The SMILES string of the molecule is C[C@H]1CCC2(CC2)C2(CC2)C1. The van der Waals surface area contributed by atoms with Crippen molar-refractivity contribution in [2.75, 3.05) is 0 Å². The lowest BCUT2D eigenvalue weighted by molar-refractivity contribution is 0.145. The van der Waals surface area contributed by atoms with Crippen LogP contribution in [0.3, 0.4) is 0 Å². The summed E-state index contributed by atoms with van der Waals surface area (Å²) < 4.78 is 0. The Balaban J connectivity index is 1.87. The molecule has 0 N–H and O–H groups in total. The van der Waals surface area contributed by atoms with Crippen molar-refractivity contribution in [3.63, 3.8) is 0 Å². The fourth-order valence-corrected chi connectivity index (χ4v) is 3.59. The lowest BCUT2D eigenvalue weighted by atomic mass is 9.69. The van der Waals surface area contributed by atoms with E-state index in [0.717, 1.165) is 16.7 Å². The minimum Gasteiger partial charge on any atom is -0.0625 e. The topological polar surface area (TPSA) is 0 Å². The van der Waals surface area contributed by atoms with Crippen LogP contribution in [0, 0.1) is 16.7 Å². The zero-order chi connectivity index (χ0) is 7.53. The molecule has 0 heteroatoms. The fraction of sp³-hybridized carbons (Fsp3) is 1.00. The number of hydrogen-bond donors (Lipinski definition) is 0. The molecule has 0 unspecified atom stereocenters. The third-order valence-corrected chi connectivity index (χ3v) is 4.69. The van der Waals surface area contributed by atoms with E-state index in [9.17, 15) is 0 Å². The van der Waals surface area contributed by atoms with Crippen molar-refractivity contribution >= 4 is 0 Å². The van der Waals surface area contributed by atoms with Crippen LogP contribution in [0.1, 0.15) is 51.9 Å². The van der Waals surface area contributed by atoms with Crippen molar-refractivity contribution in [2.24, 2.45) is 16.7 Å². The van der Waals surface area contributed by atoms with Gasteiger partial charge in [-0.1, -0.05) is 13.3 Å². The molecule has 0 aromatic carbocycles. The Labute approximate surface area is 69.4 Å². The smallest absolute Gasteiger partial charge is 0.0238 e. The maximum Gasteiger partial charge on any atom is -0.0238 e. The van der Waals surface area contributed by atoms with Gasteiger partial charge in [-0.15, -0.1) is 0 Å². The second-order valence-electron chi connectivity index (χ2n) is 5.41. The summed E-state index contributed by atoms with van der Waals surface area (Å²) in [6, 6.07) is 0. The summed E-state index contributed by atoms with van der Waals surface area (Å²) in [4.78, 5) is 0. The molecule has 0 amide bonds. The second-order valence-corrected chi connectivity index (χ2v) is 5.41. The van der Waals surface area contributed by atoms with Crippen LogP contribution < -0.4 is 0 Å². The first-order chi connectivity index (χ1) is 5.27. The van der Waals surface area contributed by atoms with Crippen LogP contribution >= 0.6 is 0 Å². The molecule has 3 rings (SSSR count). The highest BCUT2D eigenvalue weighted by molar-refractivity contribution is 5.16. The normalized spacial score (nSPS) is 42.8. The van der Waals surface area contributed by atoms with Crippen molar-refractivity contribution in [2.45, 2.75) is 51.9 Å². The zero-order valence-electron chi connectivity index (χ0n) is 7.53. The van der Waals surface area contributed by atoms with Crippen LogP contribution in [0.5, 0.6) is 0 Å². The summed E-state index contributed by atoms with van der Waals surface area (Å²) in [5, 5.41) is 0. The molecule has 62 valence electrons. The first-order valence-electron chi connectivity index (χ1n) is 5.27. The molecule has 0 heterocycles. The van der Waals surface area contributed by atoms with Gasteiger partial charge < -0.3 is 0 Å². The van der Waals surface area contributed by atoms with E-state index in [0.29, 0.717) is 0 Å². The lowest BCUT2D eigenvalue weighted by Crippen LogP contribution is -2.26. The Kier molecular flexibility index (Phi) is 0.990. The predicted octanol–water partition coefficient (Wildman–Crippen LogP) is 3.37. The summed E-state index contributed by atoms with van der Waals surface area (Å²) in [5.41, 5.74) is 1.82. The average molecular weight is 150 g/mol. The number of fused-ring (bicyclic) bond motifs is 1. The van der Waals surface area contributed by atoms with E-state index in [1.165, 1.54) is 6.42 Å². The van der Waals surface area contributed by atoms with E-state index in [2.05, 4.69) is 6.92 Å². The highest BCUT2D eigenvalue weighted by atomic mass is 14.7. The van der Waals surface area contributed by atoms with Gasteiger partial charge in [0.1, 0.15) is 0 Å². The fourth-order valence-electron chi connectivity index (χ4n) is 3.59. The van der Waals surface area contributed by atoms with Gasteiger partial charge in [-0.05, 0) is 55.3 Å². The van der Waals surface area contributed by atoms with Crippen LogP contribution in [0.15, 0.2) is 0 Å². The third kappa shape index (κ3) is 0.711. The van der Waals surface area contributed by atoms with Gasteiger partial charge >= 0.3 is 0 Å². The van der Waals surface area contributed by atoms with Crippen LogP contribution in [-0.2, 0) is 0 Å². The van der Waals surface area contributed by atoms with E-state index in [1.54, 1.807) is 38.5 Å². The molecular weight excluding hydrogens is 132 g/mol. The molecule has 0 radical (unpaired) electrons. The molecule has 0 aromatic rings. The standard InChI is InChI=1S/C11H18/c1-9-2-3-10(4-5-10)11(8-9)6-7-11/h9H,2-8H2,1H3/t9-/m0/s1. The molecule has 0 aliphatic heterocycles. The Morgan fingerprint density at radius 3 is 2.09 bits per heavy atom. The highest BCUT2D eigenvalue weighted by Gasteiger charge is 2.65. The largest absolute Gasteiger partial charge is 0.0625 e. The van der Waals surface area contributed by atoms with Crippen LogP contribution in [-0.4, -0.2) is 0 Å². The van der Waals surface area contributed by atoms with Crippen molar-refractivity contribution in [3.8, 4) is 0 Å². The molecule has 0 bridgehead atoms. The van der Waals surface area contributed by atoms with Crippen molar-refractivity contribution in [1.82, 2.24) is 0 Å². The zero-order valence-corrected chi connectivity index (χ0v) is 7.53. The van der Waals surface area contributed by atoms with Gasteiger partial charge in [0.15, 0.2) is 0 Å². The van der Waals surface area contributed by atoms with Crippen LogP contribution in [0.2, 0.25) is 0 Å². The van der Waals surface area contributed by atoms with Crippen molar-refractivity contribution in [3.05, 3.63) is 0 Å². The average Bonchev–Trinajstić information content (AvgIpc) is 2.76. The number of rotatable bonds is 0. The van der Waals surface area contributed by atoms with Gasteiger partial charge in [-0.25, -0.2) is 0 Å². The molecule has 3 aliphatic rings. The molecule has 3 aliphatic carbocycles. The molecule has 0 nitrogen and oxygen atoms in total. The first-order valence-corrected chi connectivity index (χ1v) is 5.27. The Morgan fingerprint density at radius 2 is 1.55 bits per heavy atom. The van der Waals surface area contributed by atoms with E-state index in [1.807, 2.05) is 0 Å². The maximum absolute atomic E-state index is 2.45. The molecule has 2 spiro atoms. The van der Waals surface area contributed by atoms with Crippen molar-refractivity contribution < 1.29 is 0 Å². The monoisotopic (exact) mass is 150 g/mol. The van der Waals surface area contributed by atoms with Crippen LogP contribution in [0.25, 0.3) is 0 Å². The molecule has 0 saturated heterocycles. The summed E-state index contributed by atoms with van der Waals surface area (Å²) >= 11 is 0. The molecule has 3 saturated carbocycles. The van der Waals surface area contributed by atoms with E-state index < -0.39 is 0 Å². The van der Waals surface area contributed by atoms with Crippen LogP contribution in [0.4, 0.5) is 0 Å². The van der Waals surface area contributed by atoms with Gasteiger partial charge in [0.25, 0.3) is 0 Å². The molecule has 11 heavy (non-hydrogen) atoms. The number of hydrogen-bond acceptors (Lipinski definition) is 0. The Bertz CT molecular complexity index is 184. The van der Waals surface area contributed by atoms with Gasteiger partial charge in [-0.3, -0.25) is 0 Å². The Hall–Kier alpha value is 0. The summed E-state index contributed by atoms with van der Waals surface area (Å²) in [5.74, 6) is 1.05. The summed E-state index contributed by atoms with van der Waals surface area (Å²) in [7, 11) is 0. The quantitative estimate of drug-likeness (QED) is 0.496. The lowest BCUT2D eigenvalue weighted by Gasteiger charge is -2.35. The molecule has 3 fully saturated rings. The van der Waals surface area contributed by atoms with E-state index in [4.69, 9.17) is 0 Å². The van der Waals surface area contributed by atoms with E-state index in [-0.39, 0.29) is 0 Å². The first kappa shape index (κ1) is 6.51. The van der Waals surface area contributed by atoms with Gasteiger partial charge in [0, 0.05) is 0 Å². The van der Waals surface area contributed by atoms with Gasteiger partial charge in [0.2, 0.25) is 0 Å². The maximum atomic E-state index is 2.45. The summed E-state index contributed by atoms with van der Waals surface area (Å²) in [6.45, 7) is 2.45. The minimum atomic E-state index is 0.907. The van der Waals surface area contributed by atoms with E-state index >= 15 is 0 Å². The second kappa shape index (κ2) is 1.67. The summed E-state index contributed by atoms with van der Waals surface area (Å²) in [6.07, 6.45) is 11.0.